The molecule has 5 rings (SSSR count). The van der Waals surface area contributed by atoms with Crippen molar-refractivity contribution in [3.8, 4) is 28.7 Å². The lowest BCUT2D eigenvalue weighted by Gasteiger charge is -2.10. The summed E-state index contributed by atoms with van der Waals surface area (Å²) in [5, 5.41) is 14.5. The van der Waals surface area contributed by atoms with Crippen molar-refractivity contribution in [3.63, 3.8) is 0 Å². The zero-order valence-electron chi connectivity index (χ0n) is 18.7. The van der Waals surface area contributed by atoms with Crippen LogP contribution >= 0.6 is 11.3 Å². The summed E-state index contributed by atoms with van der Waals surface area (Å²) in [6.45, 7) is 1.69. The molecule has 184 valence electrons. The van der Waals surface area contributed by atoms with Crippen molar-refractivity contribution in [2.45, 2.75) is 25.7 Å². The van der Waals surface area contributed by atoms with Crippen LogP contribution in [0.1, 0.15) is 18.2 Å². The minimum absolute atomic E-state index is 0.0330. The van der Waals surface area contributed by atoms with Crippen LogP contribution < -0.4 is 11.1 Å². The van der Waals surface area contributed by atoms with E-state index in [2.05, 4.69) is 25.6 Å². The average Bonchev–Trinajstić information content (AvgIpc) is 3.60. The number of rotatable bonds is 6. The number of hydrogen-bond donors (Lipinski definition) is 2. The van der Waals surface area contributed by atoms with Gasteiger partial charge in [-0.15, -0.1) is 21.5 Å². The number of carbonyl (C=O) groups is 1. The number of thiazole rings is 1. The summed E-state index contributed by atoms with van der Waals surface area (Å²) in [5.74, 6) is -0.340. The van der Waals surface area contributed by atoms with Crippen molar-refractivity contribution in [2.24, 2.45) is 5.73 Å². The van der Waals surface area contributed by atoms with E-state index in [4.69, 9.17) is 10.2 Å². The Bertz CT molecular complexity index is 1550. The van der Waals surface area contributed by atoms with E-state index in [9.17, 15) is 18.0 Å². The van der Waals surface area contributed by atoms with Crippen LogP contribution in [0.15, 0.2) is 58.5 Å². The van der Waals surface area contributed by atoms with Crippen LogP contribution in [0, 0.1) is 0 Å². The first-order valence-electron chi connectivity index (χ1n) is 10.7. The van der Waals surface area contributed by atoms with Gasteiger partial charge in [0.15, 0.2) is 5.69 Å². The molecule has 0 fully saturated rings. The number of fused-ring (bicyclic) bond motifs is 1. The quantitative estimate of drug-likeness (QED) is 0.349. The van der Waals surface area contributed by atoms with Crippen molar-refractivity contribution >= 4 is 27.5 Å². The number of nitrogens with two attached hydrogens (primary N) is 1. The van der Waals surface area contributed by atoms with E-state index in [1.807, 2.05) is 6.07 Å². The Labute approximate surface area is 205 Å². The van der Waals surface area contributed by atoms with Gasteiger partial charge in [-0.25, -0.2) is 9.67 Å². The largest absolute Gasteiger partial charge is 0.435 e. The van der Waals surface area contributed by atoms with Gasteiger partial charge < -0.3 is 15.5 Å². The number of benzene rings is 2. The average molecular weight is 514 g/mol. The molecule has 0 aliphatic carbocycles. The normalized spacial score (nSPS) is 12.7. The highest BCUT2D eigenvalue weighted by Gasteiger charge is 2.36. The molecule has 2 aromatic carbocycles. The molecule has 0 saturated carbocycles. The van der Waals surface area contributed by atoms with Crippen LogP contribution in [0.4, 0.5) is 13.2 Å². The molecule has 1 atom stereocenters. The van der Waals surface area contributed by atoms with Crippen LogP contribution in [-0.4, -0.2) is 36.9 Å². The Morgan fingerprint density at radius 2 is 1.94 bits per heavy atom. The number of amides is 1. The molecule has 0 unspecified atom stereocenters. The topological polar surface area (TPSA) is 125 Å². The van der Waals surface area contributed by atoms with Gasteiger partial charge in [0, 0.05) is 12.6 Å². The summed E-state index contributed by atoms with van der Waals surface area (Å²) in [6.07, 6.45) is -4.69. The third-order valence-electron chi connectivity index (χ3n) is 5.27. The molecular formula is C23H18F3N7O2S. The third-order valence-corrected chi connectivity index (χ3v) is 6.14. The fraction of sp³-hybridized carbons (Fsp3) is 0.174. The molecule has 0 radical (unpaired) electrons. The summed E-state index contributed by atoms with van der Waals surface area (Å²) in [7, 11) is 0. The maximum absolute atomic E-state index is 13.6. The summed E-state index contributed by atoms with van der Waals surface area (Å²) in [5.41, 5.74) is 8.42. The van der Waals surface area contributed by atoms with E-state index < -0.39 is 17.9 Å². The first kappa shape index (κ1) is 23.6. The predicted molar refractivity (Wildman–Crippen MR) is 126 cm³/mol. The standard InChI is InChI=1S/C23H18F3N7O2S/c1-12(27)20(34)28-10-13-4-2-5-14(8-13)33-17(9-18(32-33)23(24,25)26)22-31-30-21(35-22)15-6-3-7-16-19(15)36-11-29-16/h2-9,11-12H,10,27H2,1H3,(H,28,34)/t12-/m1/s1. The second-order valence-electron chi connectivity index (χ2n) is 7.92. The van der Waals surface area contributed by atoms with Gasteiger partial charge in [0.1, 0.15) is 5.69 Å². The number of halogens is 3. The smallest absolute Gasteiger partial charge is 0.415 e. The molecule has 1 amide bonds. The Kier molecular flexibility index (Phi) is 6.02. The van der Waals surface area contributed by atoms with Crippen molar-refractivity contribution in [2.75, 3.05) is 0 Å². The lowest BCUT2D eigenvalue weighted by Crippen LogP contribution is -2.37. The van der Waals surface area contributed by atoms with Crippen molar-refractivity contribution in [1.29, 1.82) is 0 Å². The molecular weight excluding hydrogens is 495 g/mol. The minimum Gasteiger partial charge on any atom is -0.415 e. The van der Waals surface area contributed by atoms with Crippen molar-refractivity contribution in [3.05, 3.63) is 65.3 Å². The van der Waals surface area contributed by atoms with Crippen LogP contribution in [0.3, 0.4) is 0 Å². The highest BCUT2D eigenvalue weighted by molar-refractivity contribution is 7.17. The Balaban J connectivity index is 1.55. The first-order valence-corrected chi connectivity index (χ1v) is 11.5. The Morgan fingerprint density at radius 3 is 2.72 bits per heavy atom. The summed E-state index contributed by atoms with van der Waals surface area (Å²) in [6, 6.07) is 12.1. The Morgan fingerprint density at radius 1 is 1.17 bits per heavy atom. The maximum atomic E-state index is 13.6. The number of nitrogens with zero attached hydrogens (tertiary/aromatic N) is 5. The second-order valence-corrected chi connectivity index (χ2v) is 8.77. The molecule has 5 aromatic rings. The van der Waals surface area contributed by atoms with E-state index in [1.54, 1.807) is 48.8 Å². The lowest BCUT2D eigenvalue weighted by molar-refractivity contribution is -0.141. The van der Waals surface area contributed by atoms with Crippen LogP contribution in [0.2, 0.25) is 0 Å². The van der Waals surface area contributed by atoms with Crippen molar-refractivity contribution < 1.29 is 22.4 Å². The highest BCUT2D eigenvalue weighted by atomic mass is 32.1. The lowest BCUT2D eigenvalue weighted by atomic mass is 10.2. The van der Waals surface area contributed by atoms with Gasteiger partial charge in [0.25, 0.3) is 5.89 Å². The monoisotopic (exact) mass is 513 g/mol. The summed E-state index contributed by atoms with van der Waals surface area (Å²) < 4.78 is 48.5. The maximum Gasteiger partial charge on any atom is 0.435 e. The van der Waals surface area contributed by atoms with Gasteiger partial charge in [-0.3, -0.25) is 4.79 Å². The van der Waals surface area contributed by atoms with Crippen LogP contribution in [-0.2, 0) is 17.5 Å². The fourth-order valence-electron chi connectivity index (χ4n) is 3.51. The zero-order valence-corrected chi connectivity index (χ0v) is 19.5. The number of carbonyl (C=O) groups excluding carboxylic acids is 1. The van der Waals surface area contributed by atoms with Crippen LogP contribution in [0.5, 0.6) is 0 Å². The minimum atomic E-state index is -4.69. The summed E-state index contributed by atoms with van der Waals surface area (Å²) >= 11 is 1.39. The molecule has 0 aliphatic rings. The van der Waals surface area contributed by atoms with Gasteiger partial charge in [0.05, 0.1) is 33.0 Å². The SMILES string of the molecule is C[C@@H](N)C(=O)NCc1cccc(-n2nc(C(F)(F)F)cc2-c2nnc(-c3cccc4ncsc34)o2)c1. The predicted octanol–water partition coefficient (Wildman–Crippen LogP) is 4.18. The first-order chi connectivity index (χ1) is 17.2. The molecule has 0 spiro atoms. The van der Waals surface area contributed by atoms with E-state index in [1.165, 1.54) is 11.3 Å². The highest BCUT2D eigenvalue weighted by Crippen LogP contribution is 2.35. The molecule has 3 N–H and O–H groups in total. The van der Waals surface area contributed by atoms with Crippen molar-refractivity contribution in [1.82, 2.24) is 30.3 Å². The molecule has 0 aliphatic heterocycles. The van der Waals surface area contributed by atoms with Gasteiger partial charge in [0.2, 0.25) is 11.8 Å². The van der Waals surface area contributed by atoms with E-state index in [0.29, 0.717) is 16.8 Å². The second kappa shape index (κ2) is 9.17. The van der Waals surface area contributed by atoms with Gasteiger partial charge in [-0.05, 0) is 36.8 Å². The molecule has 13 heteroatoms. The number of aromatic nitrogens is 5. The molecule has 0 bridgehead atoms. The van der Waals surface area contributed by atoms with E-state index in [-0.39, 0.29) is 29.9 Å². The summed E-state index contributed by atoms with van der Waals surface area (Å²) in [4.78, 5) is 16.1. The third kappa shape index (κ3) is 4.57. The molecule has 36 heavy (non-hydrogen) atoms. The number of nitrogens with one attached hydrogen (secondary N) is 1. The molecule has 9 nitrogen and oxygen atoms in total. The molecule has 3 aromatic heterocycles. The van der Waals surface area contributed by atoms with E-state index >= 15 is 0 Å². The molecule has 3 heterocycles. The van der Waals surface area contributed by atoms with Crippen LogP contribution in [0.25, 0.3) is 38.9 Å². The Hall–Kier alpha value is -4.10. The zero-order chi connectivity index (χ0) is 25.4. The number of alkyl halides is 3. The van der Waals surface area contributed by atoms with Gasteiger partial charge in [-0.1, -0.05) is 18.2 Å². The molecule has 0 saturated heterocycles. The van der Waals surface area contributed by atoms with E-state index in [0.717, 1.165) is 21.0 Å². The number of hydrogen-bond acceptors (Lipinski definition) is 8. The fourth-order valence-corrected chi connectivity index (χ4v) is 4.30. The van der Waals surface area contributed by atoms with Gasteiger partial charge >= 0.3 is 6.18 Å². The van der Waals surface area contributed by atoms with Gasteiger partial charge in [-0.2, -0.15) is 18.3 Å².